The Bertz CT molecular complexity index is 393. The van der Waals surface area contributed by atoms with Crippen LogP contribution < -0.4 is 0 Å². The highest BCUT2D eigenvalue weighted by atomic mass is 16.5. The van der Waals surface area contributed by atoms with Gasteiger partial charge in [0, 0.05) is 19.2 Å². The summed E-state index contributed by atoms with van der Waals surface area (Å²) in [7, 11) is 2.08. The van der Waals surface area contributed by atoms with Crippen LogP contribution in [0.3, 0.4) is 0 Å². The average Bonchev–Trinajstić information content (AvgIpc) is 2.89. The van der Waals surface area contributed by atoms with Gasteiger partial charge < -0.3 is 4.74 Å². The largest absolute Gasteiger partial charge is 0.377 e. The lowest BCUT2D eigenvalue weighted by Gasteiger charge is -2.28. The van der Waals surface area contributed by atoms with Crippen LogP contribution in [0.1, 0.15) is 30.9 Å². The van der Waals surface area contributed by atoms with Crippen LogP contribution in [-0.4, -0.2) is 31.2 Å². The molecule has 0 bridgehead atoms. The molecule has 1 saturated heterocycles. The molecule has 0 saturated carbocycles. The molecule has 1 aliphatic rings. The van der Waals surface area contributed by atoms with Gasteiger partial charge in [-0.25, -0.2) is 0 Å². The van der Waals surface area contributed by atoms with Gasteiger partial charge in [0.05, 0.1) is 18.6 Å². The van der Waals surface area contributed by atoms with E-state index in [0.29, 0.717) is 12.5 Å². The standard InChI is InChI=1S/C15H20N2O/c1-17(12-14-8-5-11-18-14)15(9-10-16)13-6-3-2-4-7-13/h2-4,6-7,14-15H,5,8-9,11-12H2,1H3. The first kappa shape index (κ1) is 13.1. The van der Waals surface area contributed by atoms with Gasteiger partial charge in [-0.2, -0.15) is 5.26 Å². The second-order valence-corrected chi connectivity index (χ2v) is 4.86. The second kappa shape index (κ2) is 6.53. The van der Waals surface area contributed by atoms with Crippen LogP contribution in [0.15, 0.2) is 30.3 Å². The highest BCUT2D eigenvalue weighted by molar-refractivity contribution is 5.20. The van der Waals surface area contributed by atoms with Crippen LogP contribution in [0.25, 0.3) is 0 Å². The first-order chi connectivity index (χ1) is 8.81. The van der Waals surface area contributed by atoms with Gasteiger partial charge in [0.1, 0.15) is 0 Å². The Morgan fingerprint density at radius 3 is 2.83 bits per heavy atom. The molecule has 0 aromatic heterocycles. The van der Waals surface area contributed by atoms with Crippen molar-refractivity contribution in [2.45, 2.75) is 31.4 Å². The summed E-state index contributed by atoms with van der Waals surface area (Å²) in [6.07, 6.45) is 3.15. The molecule has 0 aliphatic carbocycles. The Morgan fingerprint density at radius 1 is 1.44 bits per heavy atom. The van der Waals surface area contributed by atoms with E-state index in [1.807, 2.05) is 18.2 Å². The van der Waals surface area contributed by atoms with E-state index >= 15 is 0 Å². The lowest BCUT2D eigenvalue weighted by atomic mass is 10.0. The summed E-state index contributed by atoms with van der Waals surface area (Å²) in [5, 5.41) is 9.00. The Balaban J connectivity index is 2.02. The normalized spacial score (nSPS) is 20.8. The Labute approximate surface area is 109 Å². The average molecular weight is 244 g/mol. The molecule has 0 spiro atoms. The fourth-order valence-electron chi connectivity index (χ4n) is 2.53. The van der Waals surface area contributed by atoms with Crippen molar-refractivity contribution < 1.29 is 4.74 Å². The number of likely N-dealkylation sites (N-methyl/N-ethyl adjacent to an activating group) is 1. The third kappa shape index (κ3) is 3.32. The number of benzene rings is 1. The molecule has 2 atom stereocenters. The van der Waals surface area contributed by atoms with Gasteiger partial charge in [-0.15, -0.1) is 0 Å². The van der Waals surface area contributed by atoms with E-state index < -0.39 is 0 Å². The SMILES string of the molecule is CN(CC1CCCO1)C(CC#N)c1ccccc1. The van der Waals surface area contributed by atoms with E-state index in [-0.39, 0.29) is 6.04 Å². The molecule has 96 valence electrons. The minimum atomic E-state index is 0.167. The molecule has 1 aliphatic heterocycles. The van der Waals surface area contributed by atoms with Crippen molar-refractivity contribution in [1.82, 2.24) is 4.90 Å². The van der Waals surface area contributed by atoms with Crippen molar-refractivity contribution in [1.29, 1.82) is 5.26 Å². The maximum Gasteiger partial charge on any atom is 0.0702 e. The summed E-state index contributed by atoms with van der Waals surface area (Å²) in [6, 6.07) is 12.7. The van der Waals surface area contributed by atoms with Gasteiger partial charge in [0.2, 0.25) is 0 Å². The summed E-state index contributed by atoms with van der Waals surface area (Å²) < 4.78 is 5.66. The van der Waals surface area contributed by atoms with Crippen LogP contribution in [0.4, 0.5) is 0 Å². The predicted molar refractivity (Wildman–Crippen MR) is 71.0 cm³/mol. The quantitative estimate of drug-likeness (QED) is 0.799. The van der Waals surface area contributed by atoms with E-state index in [2.05, 4.69) is 30.1 Å². The van der Waals surface area contributed by atoms with Crippen molar-refractivity contribution in [3.8, 4) is 6.07 Å². The summed E-state index contributed by atoms with van der Waals surface area (Å²) in [5.74, 6) is 0. The number of hydrogen-bond donors (Lipinski definition) is 0. The van der Waals surface area contributed by atoms with Gasteiger partial charge in [0.15, 0.2) is 0 Å². The Morgan fingerprint density at radius 2 is 2.22 bits per heavy atom. The molecule has 1 heterocycles. The van der Waals surface area contributed by atoms with Crippen LogP contribution >= 0.6 is 0 Å². The van der Waals surface area contributed by atoms with Gasteiger partial charge >= 0.3 is 0 Å². The lowest BCUT2D eigenvalue weighted by molar-refractivity contribution is 0.0683. The molecule has 0 amide bonds. The van der Waals surface area contributed by atoms with E-state index in [4.69, 9.17) is 10.00 Å². The topological polar surface area (TPSA) is 36.3 Å². The van der Waals surface area contributed by atoms with Crippen molar-refractivity contribution in [2.24, 2.45) is 0 Å². The van der Waals surface area contributed by atoms with Crippen molar-refractivity contribution in [3.05, 3.63) is 35.9 Å². The fraction of sp³-hybridized carbons (Fsp3) is 0.533. The summed E-state index contributed by atoms with van der Waals surface area (Å²) in [6.45, 7) is 1.79. The Hall–Kier alpha value is -1.37. The molecule has 1 fully saturated rings. The van der Waals surface area contributed by atoms with Crippen molar-refractivity contribution in [3.63, 3.8) is 0 Å². The van der Waals surface area contributed by atoms with Crippen LogP contribution in [0.5, 0.6) is 0 Å². The van der Waals surface area contributed by atoms with E-state index in [9.17, 15) is 0 Å². The molecule has 2 unspecified atom stereocenters. The molecule has 2 rings (SSSR count). The molecular weight excluding hydrogens is 224 g/mol. The number of nitriles is 1. The van der Waals surface area contributed by atoms with Crippen LogP contribution in [0.2, 0.25) is 0 Å². The predicted octanol–water partition coefficient (Wildman–Crippen LogP) is 2.75. The van der Waals surface area contributed by atoms with E-state index in [0.717, 1.165) is 26.0 Å². The zero-order chi connectivity index (χ0) is 12.8. The van der Waals surface area contributed by atoms with Gasteiger partial charge in [0.25, 0.3) is 0 Å². The fourth-order valence-corrected chi connectivity index (χ4v) is 2.53. The summed E-state index contributed by atoms with van der Waals surface area (Å²) in [4.78, 5) is 2.24. The number of hydrogen-bond acceptors (Lipinski definition) is 3. The summed E-state index contributed by atoms with van der Waals surface area (Å²) >= 11 is 0. The first-order valence-corrected chi connectivity index (χ1v) is 6.55. The smallest absolute Gasteiger partial charge is 0.0702 e. The van der Waals surface area contributed by atoms with Gasteiger partial charge in [-0.05, 0) is 25.5 Å². The zero-order valence-corrected chi connectivity index (χ0v) is 10.9. The highest BCUT2D eigenvalue weighted by Crippen LogP contribution is 2.24. The number of rotatable bonds is 5. The lowest BCUT2D eigenvalue weighted by Crippen LogP contribution is -2.32. The molecule has 0 N–H and O–H groups in total. The zero-order valence-electron chi connectivity index (χ0n) is 10.9. The number of ether oxygens (including phenoxy) is 1. The molecule has 18 heavy (non-hydrogen) atoms. The summed E-state index contributed by atoms with van der Waals surface area (Å²) in [5.41, 5.74) is 1.21. The number of nitrogens with zero attached hydrogens (tertiary/aromatic N) is 2. The second-order valence-electron chi connectivity index (χ2n) is 4.86. The monoisotopic (exact) mass is 244 g/mol. The molecule has 1 aromatic rings. The maximum atomic E-state index is 9.00. The molecule has 3 nitrogen and oxygen atoms in total. The van der Waals surface area contributed by atoms with Gasteiger partial charge in [-0.1, -0.05) is 30.3 Å². The van der Waals surface area contributed by atoms with Crippen molar-refractivity contribution in [2.75, 3.05) is 20.2 Å². The molecule has 1 aromatic carbocycles. The van der Waals surface area contributed by atoms with Gasteiger partial charge in [-0.3, -0.25) is 4.90 Å². The van der Waals surface area contributed by atoms with Crippen LogP contribution in [0, 0.1) is 11.3 Å². The third-order valence-corrected chi connectivity index (χ3v) is 3.52. The highest BCUT2D eigenvalue weighted by Gasteiger charge is 2.22. The van der Waals surface area contributed by atoms with E-state index in [1.54, 1.807) is 0 Å². The molecule has 3 heteroatoms. The Kier molecular flexibility index (Phi) is 4.74. The van der Waals surface area contributed by atoms with Crippen molar-refractivity contribution >= 4 is 0 Å². The third-order valence-electron chi connectivity index (χ3n) is 3.52. The minimum absolute atomic E-state index is 0.167. The minimum Gasteiger partial charge on any atom is -0.377 e. The van der Waals surface area contributed by atoms with Crippen LogP contribution in [-0.2, 0) is 4.74 Å². The maximum absolute atomic E-state index is 9.00. The first-order valence-electron chi connectivity index (χ1n) is 6.55. The molecular formula is C15H20N2O. The van der Waals surface area contributed by atoms with E-state index in [1.165, 1.54) is 5.56 Å². The molecule has 0 radical (unpaired) electrons.